The molecule has 7 nitrogen and oxygen atoms in total. The van der Waals surface area contributed by atoms with E-state index in [0.29, 0.717) is 30.9 Å². The molecule has 172 valence electrons. The monoisotopic (exact) mass is 446 g/mol. The zero-order valence-corrected chi connectivity index (χ0v) is 19.3. The smallest absolute Gasteiger partial charge is 0.254 e. The molecule has 1 saturated heterocycles. The van der Waals surface area contributed by atoms with Crippen LogP contribution in [0.2, 0.25) is 0 Å². The van der Waals surface area contributed by atoms with Crippen molar-refractivity contribution in [2.45, 2.75) is 12.6 Å². The molecule has 0 aliphatic carbocycles. The summed E-state index contributed by atoms with van der Waals surface area (Å²) in [6.07, 6.45) is 3.53. The van der Waals surface area contributed by atoms with E-state index >= 15 is 0 Å². The van der Waals surface area contributed by atoms with Crippen LogP contribution in [-0.4, -0.2) is 61.6 Å². The number of hydrogen-bond acceptors (Lipinski definition) is 6. The number of benzene rings is 2. The minimum absolute atomic E-state index is 0.0243. The maximum absolute atomic E-state index is 13.4. The van der Waals surface area contributed by atoms with Crippen LogP contribution < -0.4 is 14.8 Å². The normalized spacial score (nSPS) is 16.3. The molecule has 0 bridgehead atoms. The fraction of sp³-hybridized carbons (Fsp3) is 0.308. The van der Waals surface area contributed by atoms with Crippen molar-refractivity contribution < 1.29 is 14.3 Å². The van der Waals surface area contributed by atoms with Gasteiger partial charge < -0.3 is 19.7 Å². The van der Waals surface area contributed by atoms with E-state index in [-0.39, 0.29) is 11.9 Å². The van der Waals surface area contributed by atoms with E-state index in [1.807, 2.05) is 47.4 Å². The number of carbonyl (C=O) groups is 1. The van der Waals surface area contributed by atoms with Crippen molar-refractivity contribution in [2.24, 2.45) is 0 Å². The van der Waals surface area contributed by atoms with E-state index in [2.05, 4.69) is 34.4 Å². The van der Waals surface area contributed by atoms with Gasteiger partial charge in [0.2, 0.25) is 0 Å². The molecule has 2 aromatic carbocycles. The molecular formula is C26H30N4O3. The van der Waals surface area contributed by atoms with Crippen LogP contribution in [0.5, 0.6) is 11.5 Å². The second-order valence-corrected chi connectivity index (χ2v) is 8.14. The highest BCUT2D eigenvalue weighted by molar-refractivity contribution is 5.95. The molecule has 1 aliphatic rings. The van der Waals surface area contributed by atoms with Gasteiger partial charge in [0.15, 0.2) is 0 Å². The molecular weight excluding hydrogens is 416 g/mol. The second kappa shape index (κ2) is 10.4. The van der Waals surface area contributed by atoms with E-state index in [1.165, 1.54) is 5.56 Å². The predicted octanol–water partition coefficient (Wildman–Crippen LogP) is 3.84. The molecule has 1 atom stereocenters. The summed E-state index contributed by atoms with van der Waals surface area (Å²) in [5.74, 6) is 1.56. The number of piperazine rings is 1. The zero-order valence-electron chi connectivity index (χ0n) is 19.3. The molecule has 0 saturated carbocycles. The minimum Gasteiger partial charge on any atom is -0.497 e. The number of nitrogens with zero attached hydrogens (tertiary/aromatic N) is 3. The fourth-order valence-corrected chi connectivity index (χ4v) is 4.10. The van der Waals surface area contributed by atoms with Gasteiger partial charge in [-0.25, -0.2) is 0 Å². The molecule has 1 fully saturated rings. The number of amides is 1. The number of pyridine rings is 1. The Morgan fingerprint density at radius 1 is 1.03 bits per heavy atom. The van der Waals surface area contributed by atoms with Gasteiger partial charge in [-0.15, -0.1) is 0 Å². The molecule has 33 heavy (non-hydrogen) atoms. The van der Waals surface area contributed by atoms with Crippen LogP contribution in [0.25, 0.3) is 0 Å². The van der Waals surface area contributed by atoms with Crippen LogP contribution in [-0.2, 0) is 6.54 Å². The van der Waals surface area contributed by atoms with Gasteiger partial charge in [0.05, 0.1) is 25.9 Å². The average Bonchev–Trinajstić information content (AvgIpc) is 2.88. The number of ether oxygens (including phenoxy) is 2. The van der Waals surface area contributed by atoms with E-state index < -0.39 is 0 Å². The molecule has 3 aromatic rings. The van der Waals surface area contributed by atoms with E-state index in [4.69, 9.17) is 9.47 Å². The number of aromatic nitrogens is 1. The van der Waals surface area contributed by atoms with Gasteiger partial charge in [0.1, 0.15) is 11.5 Å². The topological polar surface area (TPSA) is 66.9 Å². The summed E-state index contributed by atoms with van der Waals surface area (Å²) in [5.41, 5.74) is 3.71. The first-order valence-electron chi connectivity index (χ1n) is 11.0. The lowest BCUT2D eigenvalue weighted by molar-refractivity contribution is 0.0546. The van der Waals surface area contributed by atoms with Crippen molar-refractivity contribution in [3.8, 4) is 11.5 Å². The van der Waals surface area contributed by atoms with Crippen LogP contribution in [0, 0.1) is 0 Å². The molecule has 7 heteroatoms. The molecule has 0 spiro atoms. The second-order valence-electron chi connectivity index (χ2n) is 8.14. The highest BCUT2D eigenvalue weighted by Gasteiger charge is 2.29. The van der Waals surface area contributed by atoms with Gasteiger partial charge in [-0.2, -0.15) is 0 Å². The van der Waals surface area contributed by atoms with E-state index in [9.17, 15) is 4.79 Å². The molecule has 1 aromatic heterocycles. The van der Waals surface area contributed by atoms with Gasteiger partial charge in [-0.1, -0.05) is 12.1 Å². The van der Waals surface area contributed by atoms with Crippen molar-refractivity contribution in [1.29, 1.82) is 0 Å². The van der Waals surface area contributed by atoms with Crippen LogP contribution in [0.4, 0.5) is 5.69 Å². The van der Waals surface area contributed by atoms with Crippen molar-refractivity contribution in [1.82, 2.24) is 14.8 Å². The largest absolute Gasteiger partial charge is 0.497 e. The SMILES string of the molecule is COc1ccc(C2CN(C(=O)c3ccc(OC)c(NCc4ccncc4)c3)CCN2C)cc1. The molecule has 2 heterocycles. The number of hydrogen-bond donors (Lipinski definition) is 1. The lowest BCUT2D eigenvalue weighted by Gasteiger charge is -2.39. The van der Waals surface area contributed by atoms with Gasteiger partial charge >= 0.3 is 0 Å². The van der Waals surface area contributed by atoms with Gasteiger partial charge in [0, 0.05) is 44.1 Å². The Labute approximate surface area is 195 Å². The summed E-state index contributed by atoms with van der Waals surface area (Å²) < 4.78 is 10.8. The first-order chi connectivity index (χ1) is 16.1. The standard InChI is InChI=1S/C26H30N4O3/c1-29-14-15-30(18-24(29)20-4-7-22(32-2)8-5-20)26(31)21-6-9-25(33-3)23(16-21)28-17-19-10-12-27-13-11-19/h4-13,16,24,28H,14-15,17-18H2,1-3H3. The lowest BCUT2D eigenvalue weighted by atomic mass is 10.0. The first-order valence-corrected chi connectivity index (χ1v) is 11.0. The predicted molar refractivity (Wildman–Crippen MR) is 129 cm³/mol. The third kappa shape index (κ3) is 5.26. The maximum Gasteiger partial charge on any atom is 0.254 e. The van der Waals surface area contributed by atoms with E-state index in [0.717, 1.165) is 23.5 Å². The quantitative estimate of drug-likeness (QED) is 0.595. The first kappa shape index (κ1) is 22.6. The number of rotatable bonds is 7. The van der Waals surface area contributed by atoms with Crippen LogP contribution >= 0.6 is 0 Å². The summed E-state index contributed by atoms with van der Waals surface area (Å²) in [4.78, 5) is 21.7. The third-order valence-corrected chi connectivity index (χ3v) is 6.11. The molecule has 1 aliphatic heterocycles. The molecule has 4 rings (SSSR count). The van der Waals surface area contributed by atoms with Crippen molar-refractivity contribution in [3.05, 3.63) is 83.7 Å². The highest BCUT2D eigenvalue weighted by atomic mass is 16.5. The summed E-state index contributed by atoms with van der Waals surface area (Å²) in [6.45, 7) is 2.75. The summed E-state index contributed by atoms with van der Waals surface area (Å²) in [7, 11) is 5.40. The van der Waals surface area contributed by atoms with Crippen molar-refractivity contribution >= 4 is 11.6 Å². The third-order valence-electron chi connectivity index (χ3n) is 6.11. The van der Waals surface area contributed by atoms with Gasteiger partial charge in [0.25, 0.3) is 5.91 Å². The Morgan fingerprint density at radius 3 is 2.48 bits per heavy atom. The molecule has 1 amide bonds. The fourth-order valence-electron chi connectivity index (χ4n) is 4.10. The average molecular weight is 447 g/mol. The molecule has 0 radical (unpaired) electrons. The Hall–Kier alpha value is -3.58. The van der Waals surface area contributed by atoms with Crippen LogP contribution in [0.1, 0.15) is 27.5 Å². The molecule has 1 unspecified atom stereocenters. The summed E-state index contributed by atoms with van der Waals surface area (Å²) >= 11 is 0. The summed E-state index contributed by atoms with van der Waals surface area (Å²) in [5, 5.41) is 3.39. The maximum atomic E-state index is 13.4. The van der Waals surface area contributed by atoms with E-state index in [1.54, 1.807) is 26.6 Å². The minimum atomic E-state index is 0.0243. The Kier molecular flexibility index (Phi) is 7.10. The number of anilines is 1. The molecule has 1 N–H and O–H groups in total. The van der Waals surface area contributed by atoms with Crippen molar-refractivity contribution in [3.63, 3.8) is 0 Å². The van der Waals surface area contributed by atoms with Gasteiger partial charge in [-0.05, 0) is 60.6 Å². The zero-order chi connectivity index (χ0) is 23.2. The lowest BCUT2D eigenvalue weighted by Crippen LogP contribution is -2.49. The number of likely N-dealkylation sites (N-methyl/N-ethyl adjacent to an activating group) is 1. The van der Waals surface area contributed by atoms with Crippen molar-refractivity contribution in [2.75, 3.05) is 46.2 Å². The number of methoxy groups -OCH3 is 2. The van der Waals surface area contributed by atoms with Crippen LogP contribution in [0.3, 0.4) is 0 Å². The van der Waals surface area contributed by atoms with Gasteiger partial charge in [-0.3, -0.25) is 14.7 Å². The van der Waals surface area contributed by atoms with Crippen LogP contribution in [0.15, 0.2) is 67.0 Å². The Balaban J connectivity index is 1.50. The number of carbonyl (C=O) groups excluding carboxylic acids is 1. The Morgan fingerprint density at radius 2 is 1.79 bits per heavy atom. The number of nitrogens with one attached hydrogen (secondary N) is 1. The summed E-state index contributed by atoms with van der Waals surface area (Å²) in [6, 6.07) is 17.7. The highest BCUT2D eigenvalue weighted by Crippen LogP contribution is 2.29. The Bertz CT molecular complexity index is 1070.